The smallest absolute Gasteiger partial charge is 0.332 e. The number of nitrogens with one attached hydrogen (secondary N) is 1. The second-order valence-corrected chi connectivity index (χ2v) is 8.06. The van der Waals surface area contributed by atoms with Crippen LogP contribution in [0.3, 0.4) is 0 Å². The van der Waals surface area contributed by atoms with Crippen molar-refractivity contribution in [3.8, 4) is 0 Å². The van der Waals surface area contributed by atoms with Crippen LogP contribution in [-0.2, 0) is 14.3 Å². The Balaban J connectivity index is 1.92. The molecule has 1 aromatic rings. The number of amidine groups is 1. The Hall–Kier alpha value is -3.48. The molecule has 13 heteroatoms. The maximum atomic E-state index is 13.0. The van der Waals surface area contributed by atoms with Crippen LogP contribution in [0, 0.1) is 20.2 Å². The molecule has 1 heterocycles. The monoisotopic (exact) mass is 463 g/mol. The van der Waals surface area contributed by atoms with Crippen LogP contribution in [0.2, 0.25) is 0 Å². The molecule has 2 fully saturated rings. The zero-order chi connectivity index (χ0) is 23.3. The lowest BCUT2D eigenvalue weighted by molar-refractivity contribution is -0.393. The number of nitro benzene ring substituents is 2. The molecule has 0 radical (unpaired) electrons. The highest BCUT2D eigenvalue weighted by Gasteiger charge is 2.39. The minimum atomic E-state index is -0.756. The van der Waals surface area contributed by atoms with Gasteiger partial charge in [-0.15, -0.1) is 5.10 Å². The highest BCUT2D eigenvalue weighted by atomic mass is 32.2. The Morgan fingerprint density at radius 3 is 2.62 bits per heavy atom. The van der Waals surface area contributed by atoms with Gasteiger partial charge in [-0.25, -0.2) is 4.79 Å². The van der Waals surface area contributed by atoms with Gasteiger partial charge in [-0.1, -0.05) is 19.3 Å². The van der Waals surface area contributed by atoms with Crippen LogP contribution in [0.4, 0.5) is 17.1 Å². The number of amides is 1. The SMILES string of the molecule is CCOC(=O)/C=C1\S/C(=N\Nc2ccc([N+](=O)[O-])cc2[N+](=O)[O-])N(C2CCCCC2)C1=O. The average Bonchev–Trinajstić information content (AvgIpc) is 3.07. The number of hydrogen-bond donors (Lipinski definition) is 1. The first-order chi connectivity index (χ1) is 15.3. The van der Waals surface area contributed by atoms with Crippen molar-refractivity contribution in [1.29, 1.82) is 0 Å². The first kappa shape index (κ1) is 23.2. The number of benzene rings is 1. The third-order valence-corrected chi connectivity index (χ3v) is 5.96. The second kappa shape index (κ2) is 10.2. The zero-order valence-corrected chi connectivity index (χ0v) is 18.0. The number of carbonyl (C=O) groups excluding carboxylic acids is 2. The van der Waals surface area contributed by atoms with E-state index in [4.69, 9.17) is 4.74 Å². The summed E-state index contributed by atoms with van der Waals surface area (Å²) in [6, 6.07) is 3.03. The van der Waals surface area contributed by atoms with Crippen LogP contribution in [0.25, 0.3) is 0 Å². The molecule has 1 saturated carbocycles. The molecule has 12 nitrogen and oxygen atoms in total. The first-order valence-corrected chi connectivity index (χ1v) is 10.8. The third-order valence-electron chi connectivity index (χ3n) is 4.97. The van der Waals surface area contributed by atoms with Crippen molar-refractivity contribution in [2.24, 2.45) is 5.10 Å². The van der Waals surface area contributed by atoms with Crippen LogP contribution in [-0.4, -0.2) is 44.4 Å². The summed E-state index contributed by atoms with van der Waals surface area (Å²) in [5.41, 5.74) is 1.54. The maximum Gasteiger partial charge on any atom is 0.332 e. The van der Waals surface area contributed by atoms with Crippen molar-refractivity contribution in [3.63, 3.8) is 0 Å². The standard InChI is InChI=1S/C19H21N5O7S/c1-2-31-17(25)11-16-18(26)22(12-6-4-3-5-7-12)19(32-16)21-20-14-9-8-13(23(27)28)10-15(14)24(29)30/h8-12,20H,2-7H2,1H3/b16-11-,21-19-. The van der Waals surface area contributed by atoms with Gasteiger partial charge >= 0.3 is 11.7 Å². The van der Waals surface area contributed by atoms with E-state index in [1.54, 1.807) is 6.92 Å². The molecule has 1 amide bonds. The number of nitro groups is 2. The Labute approximate surface area is 187 Å². The molecule has 0 unspecified atom stereocenters. The van der Waals surface area contributed by atoms with Gasteiger partial charge in [-0.3, -0.25) is 35.3 Å². The molecule has 0 atom stereocenters. The number of hydrogen-bond acceptors (Lipinski definition) is 10. The fourth-order valence-corrected chi connectivity index (χ4v) is 4.46. The lowest BCUT2D eigenvalue weighted by Gasteiger charge is -2.30. The summed E-state index contributed by atoms with van der Waals surface area (Å²) in [6.45, 7) is 1.82. The number of ether oxygens (including phenoxy) is 1. The average molecular weight is 463 g/mol. The summed E-state index contributed by atoms with van der Waals surface area (Å²) in [5, 5.41) is 26.7. The molecule has 1 aromatic carbocycles. The van der Waals surface area contributed by atoms with Crippen LogP contribution >= 0.6 is 11.8 Å². The van der Waals surface area contributed by atoms with E-state index in [1.807, 2.05) is 0 Å². The number of non-ortho nitro benzene ring substituents is 1. The molecule has 1 saturated heterocycles. The first-order valence-electron chi connectivity index (χ1n) is 9.98. The van der Waals surface area contributed by atoms with Crippen molar-refractivity contribution >= 4 is 45.9 Å². The van der Waals surface area contributed by atoms with Crippen LogP contribution in [0.5, 0.6) is 0 Å². The Morgan fingerprint density at radius 2 is 2.00 bits per heavy atom. The molecular weight excluding hydrogens is 442 g/mol. The van der Waals surface area contributed by atoms with Gasteiger partial charge in [0.25, 0.3) is 11.6 Å². The minimum absolute atomic E-state index is 0.0624. The summed E-state index contributed by atoms with van der Waals surface area (Å²) < 4.78 is 4.89. The number of carbonyl (C=O) groups is 2. The summed E-state index contributed by atoms with van der Waals surface area (Å²) >= 11 is 0.962. The largest absolute Gasteiger partial charge is 0.463 e. The number of esters is 1. The molecule has 0 aromatic heterocycles. The van der Waals surface area contributed by atoms with Crippen molar-refractivity contribution in [1.82, 2.24) is 4.90 Å². The van der Waals surface area contributed by atoms with E-state index < -0.39 is 27.2 Å². The Kier molecular flexibility index (Phi) is 7.41. The molecule has 1 aliphatic carbocycles. The molecule has 1 N–H and O–H groups in total. The van der Waals surface area contributed by atoms with Gasteiger partial charge in [0.05, 0.1) is 27.4 Å². The van der Waals surface area contributed by atoms with Crippen molar-refractivity contribution in [2.45, 2.75) is 45.1 Å². The van der Waals surface area contributed by atoms with Crippen LogP contribution < -0.4 is 5.43 Å². The second-order valence-electron chi connectivity index (χ2n) is 7.05. The summed E-state index contributed by atoms with van der Waals surface area (Å²) in [4.78, 5) is 47.3. The molecule has 2 aliphatic rings. The Bertz CT molecular complexity index is 1000. The van der Waals surface area contributed by atoms with E-state index in [0.29, 0.717) is 0 Å². The normalized spacial score (nSPS) is 19.4. The maximum absolute atomic E-state index is 13.0. The van der Waals surface area contributed by atoms with Gasteiger partial charge < -0.3 is 4.74 Å². The van der Waals surface area contributed by atoms with E-state index in [0.717, 1.165) is 62.1 Å². The number of rotatable bonds is 7. The Morgan fingerprint density at radius 1 is 1.28 bits per heavy atom. The highest BCUT2D eigenvalue weighted by Crippen LogP contribution is 2.37. The predicted molar refractivity (Wildman–Crippen MR) is 117 cm³/mol. The molecule has 170 valence electrons. The lowest BCUT2D eigenvalue weighted by atomic mass is 9.94. The zero-order valence-electron chi connectivity index (χ0n) is 17.2. The van der Waals surface area contributed by atoms with Gasteiger partial charge in [0.15, 0.2) is 5.17 Å². The van der Waals surface area contributed by atoms with Gasteiger partial charge in [0.1, 0.15) is 5.69 Å². The van der Waals surface area contributed by atoms with E-state index in [9.17, 15) is 29.8 Å². The van der Waals surface area contributed by atoms with E-state index >= 15 is 0 Å². The lowest BCUT2D eigenvalue weighted by Crippen LogP contribution is -2.40. The summed E-state index contributed by atoms with van der Waals surface area (Å²) in [5.74, 6) is -1.03. The molecular formula is C19H21N5O7S. The van der Waals surface area contributed by atoms with E-state index in [-0.39, 0.29) is 34.3 Å². The van der Waals surface area contributed by atoms with E-state index in [2.05, 4.69) is 10.5 Å². The molecule has 3 rings (SSSR count). The number of hydrazone groups is 1. The highest BCUT2D eigenvalue weighted by molar-refractivity contribution is 8.18. The molecule has 0 spiro atoms. The topological polar surface area (TPSA) is 157 Å². The molecule has 1 aliphatic heterocycles. The van der Waals surface area contributed by atoms with Crippen LogP contribution in [0.1, 0.15) is 39.0 Å². The molecule has 0 bridgehead atoms. The fourth-order valence-electron chi connectivity index (χ4n) is 3.50. The fraction of sp³-hybridized carbons (Fsp3) is 0.421. The van der Waals surface area contributed by atoms with E-state index in [1.165, 1.54) is 11.0 Å². The quantitative estimate of drug-likeness (QED) is 0.276. The summed E-state index contributed by atoms with van der Waals surface area (Å²) in [7, 11) is 0. The molecule has 32 heavy (non-hydrogen) atoms. The van der Waals surface area contributed by atoms with Crippen molar-refractivity contribution in [3.05, 3.63) is 49.4 Å². The number of anilines is 1. The number of nitrogens with zero attached hydrogens (tertiary/aromatic N) is 4. The minimum Gasteiger partial charge on any atom is -0.463 e. The van der Waals surface area contributed by atoms with Gasteiger partial charge in [-0.2, -0.15) is 0 Å². The van der Waals surface area contributed by atoms with Crippen LogP contribution in [0.15, 0.2) is 34.3 Å². The van der Waals surface area contributed by atoms with Crippen molar-refractivity contribution in [2.75, 3.05) is 12.0 Å². The van der Waals surface area contributed by atoms with Gasteiger partial charge in [-0.05, 0) is 37.6 Å². The predicted octanol–water partition coefficient (Wildman–Crippen LogP) is 3.54. The van der Waals surface area contributed by atoms with Crippen molar-refractivity contribution < 1.29 is 24.2 Å². The third kappa shape index (κ3) is 5.22. The summed E-state index contributed by atoms with van der Waals surface area (Å²) in [6.07, 6.45) is 5.63. The van der Waals surface area contributed by atoms with Gasteiger partial charge in [0.2, 0.25) is 0 Å². The number of thioether (sulfide) groups is 1. The van der Waals surface area contributed by atoms with Gasteiger partial charge in [0, 0.05) is 18.2 Å².